The molecule has 13 heavy (non-hydrogen) atoms. The van der Waals surface area contributed by atoms with Crippen LogP contribution >= 0.6 is 0 Å². The molecule has 1 atom stereocenters. The summed E-state index contributed by atoms with van der Waals surface area (Å²) in [4.78, 5) is 0. The second-order valence-electron chi connectivity index (χ2n) is 2.79. The molecule has 0 amide bonds. The van der Waals surface area contributed by atoms with Gasteiger partial charge in [0.25, 0.3) is 0 Å². The Kier molecular flexibility index (Phi) is 9.18. The molecule has 76 valence electrons. The van der Waals surface area contributed by atoms with Crippen LogP contribution in [-0.4, -0.2) is 19.5 Å². The highest BCUT2D eigenvalue weighted by molar-refractivity contribution is 4.98. The first-order chi connectivity index (χ1) is 6.31. The molecule has 0 radical (unpaired) electrons. The number of hydrogen-bond donors (Lipinski definition) is 0. The van der Waals surface area contributed by atoms with E-state index < -0.39 is 0 Å². The quantitative estimate of drug-likeness (QED) is 0.359. The molecule has 0 aliphatic rings. The first kappa shape index (κ1) is 12.5. The summed E-state index contributed by atoms with van der Waals surface area (Å²) < 4.78 is 10.4. The lowest BCUT2D eigenvalue weighted by Gasteiger charge is -2.09. The van der Waals surface area contributed by atoms with Crippen LogP contribution in [0.3, 0.4) is 0 Å². The summed E-state index contributed by atoms with van der Waals surface area (Å²) >= 11 is 0. The predicted octanol–water partition coefficient (Wildman–Crippen LogP) is 2.58. The maximum absolute atomic E-state index is 5.27. The van der Waals surface area contributed by atoms with E-state index in [9.17, 15) is 0 Å². The third kappa shape index (κ3) is 9.39. The van der Waals surface area contributed by atoms with Crippen molar-refractivity contribution in [3.8, 4) is 11.8 Å². The van der Waals surface area contributed by atoms with E-state index in [1.165, 1.54) is 12.8 Å². The van der Waals surface area contributed by atoms with E-state index in [-0.39, 0.29) is 6.29 Å². The lowest BCUT2D eigenvalue weighted by Crippen LogP contribution is -2.12. The normalized spacial score (nSPS) is 11.9. The molecule has 0 aliphatic carbocycles. The fourth-order valence-corrected chi connectivity index (χ4v) is 0.846. The molecule has 0 saturated heterocycles. The maximum Gasteiger partial charge on any atom is 0.156 e. The van der Waals surface area contributed by atoms with Gasteiger partial charge in [-0.05, 0) is 20.3 Å². The van der Waals surface area contributed by atoms with Crippen molar-refractivity contribution in [2.24, 2.45) is 0 Å². The van der Waals surface area contributed by atoms with E-state index in [0.29, 0.717) is 13.2 Å². The first-order valence-corrected chi connectivity index (χ1v) is 5.00. The molecular weight excluding hydrogens is 164 g/mol. The van der Waals surface area contributed by atoms with Crippen molar-refractivity contribution >= 4 is 0 Å². The van der Waals surface area contributed by atoms with Crippen LogP contribution in [0.4, 0.5) is 0 Å². The average molecular weight is 184 g/mol. The molecule has 0 rings (SSSR count). The van der Waals surface area contributed by atoms with Gasteiger partial charge in [0.15, 0.2) is 6.29 Å². The second kappa shape index (κ2) is 9.57. The summed E-state index contributed by atoms with van der Waals surface area (Å²) in [5.41, 5.74) is 0. The summed E-state index contributed by atoms with van der Waals surface area (Å²) in [5.74, 6) is 6.01. The van der Waals surface area contributed by atoms with Crippen molar-refractivity contribution in [3.63, 3.8) is 0 Å². The molecule has 0 heterocycles. The Balaban J connectivity index is 3.25. The average Bonchev–Trinajstić information content (AvgIpc) is 2.11. The first-order valence-electron chi connectivity index (χ1n) is 5.00. The standard InChI is InChI=1S/C11H20O2/c1-4-6-7-8-9-10-13-11(3)12-5-2/h11H,4-7,10H2,1-3H3. The minimum Gasteiger partial charge on any atom is -0.353 e. The molecule has 0 bridgehead atoms. The Morgan fingerprint density at radius 2 is 1.92 bits per heavy atom. The molecule has 0 aromatic rings. The number of ether oxygens (including phenoxy) is 2. The van der Waals surface area contributed by atoms with Crippen LogP contribution < -0.4 is 0 Å². The van der Waals surface area contributed by atoms with Crippen LogP contribution in [0.2, 0.25) is 0 Å². The lowest BCUT2D eigenvalue weighted by atomic mass is 10.2. The second-order valence-corrected chi connectivity index (χ2v) is 2.79. The number of rotatable bonds is 6. The van der Waals surface area contributed by atoms with Crippen molar-refractivity contribution in [1.82, 2.24) is 0 Å². The molecule has 2 heteroatoms. The summed E-state index contributed by atoms with van der Waals surface area (Å²) in [7, 11) is 0. The van der Waals surface area contributed by atoms with Crippen molar-refractivity contribution in [3.05, 3.63) is 0 Å². The lowest BCUT2D eigenvalue weighted by molar-refractivity contribution is -0.117. The van der Waals surface area contributed by atoms with Gasteiger partial charge in [-0.3, -0.25) is 0 Å². The van der Waals surface area contributed by atoms with E-state index in [4.69, 9.17) is 9.47 Å². The van der Waals surface area contributed by atoms with Gasteiger partial charge >= 0.3 is 0 Å². The van der Waals surface area contributed by atoms with Crippen LogP contribution in [0, 0.1) is 11.8 Å². The Morgan fingerprint density at radius 3 is 2.54 bits per heavy atom. The molecule has 0 N–H and O–H groups in total. The van der Waals surface area contributed by atoms with Crippen molar-refractivity contribution in [2.75, 3.05) is 13.2 Å². The molecule has 0 spiro atoms. The monoisotopic (exact) mass is 184 g/mol. The SMILES string of the molecule is CCCCC#CCOC(C)OCC. The van der Waals surface area contributed by atoms with Crippen LogP contribution in [0.5, 0.6) is 0 Å². The van der Waals surface area contributed by atoms with Gasteiger partial charge < -0.3 is 9.47 Å². The highest BCUT2D eigenvalue weighted by Gasteiger charge is 1.96. The van der Waals surface area contributed by atoms with Gasteiger partial charge in [0.2, 0.25) is 0 Å². The Labute approximate surface area is 81.6 Å². The summed E-state index contributed by atoms with van der Waals surface area (Å²) in [6.45, 7) is 7.16. The Bertz CT molecular complexity index is 155. The summed E-state index contributed by atoms with van der Waals surface area (Å²) in [6, 6.07) is 0. The highest BCUT2D eigenvalue weighted by Crippen LogP contribution is 1.93. The van der Waals surface area contributed by atoms with Crippen LogP contribution in [0.25, 0.3) is 0 Å². The van der Waals surface area contributed by atoms with Gasteiger partial charge in [-0.2, -0.15) is 0 Å². The molecule has 0 saturated carbocycles. The molecule has 0 aliphatic heterocycles. The van der Waals surface area contributed by atoms with Gasteiger partial charge in [0, 0.05) is 13.0 Å². The molecule has 2 nitrogen and oxygen atoms in total. The zero-order valence-electron chi connectivity index (χ0n) is 8.93. The molecule has 0 aromatic carbocycles. The summed E-state index contributed by atoms with van der Waals surface area (Å²) in [5, 5.41) is 0. The van der Waals surface area contributed by atoms with Crippen molar-refractivity contribution in [1.29, 1.82) is 0 Å². The Hall–Kier alpha value is -0.520. The fraction of sp³-hybridized carbons (Fsp3) is 0.818. The van der Waals surface area contributed by atoms with Gasteiger partial charge in [0.05, 0.1) is 0 Å². The molecule has 0 fully saturated rings. The van der Waals surface area contributed by atoms with Gasteiger partial charge in [-0.25, -0.2) is 0 Å². The van der Waals surface area contributed by atoms with E-state index in [1.807, 2.05) is 13.8 Å². The maximum atomic E-state index is 5.27. The topological polar surface area (TPSA) is 18.5 Å². The fourth-order valence-electron chi connectivity index (χ4n) is 0.846. The van der Waals surface area contributed by atoms with Gasteiger partial charge in [-0.1, -0.05) is 19.3 Å². The minimum absolute atomic E-state index is 0.134. The third-order valence-corrected chi connectivity index (χ3v) is 1.57. The predicted molar refractivity (Wildman–Crippen MR) is 54.3 cm³/mol. The van der Waals surface area contributed by atoms with E-state index in [2.05, 4.69) is 18.8 Å². The summed E-state index contributed by atoms with van der Waals surface area (Å²) in [6.07, 6.45) is 3.22. The van der Waals surface area contributed by atoms with Crippen molar-refractivity contribution < 1.29 is 9.47 Å². The van der Waals surface area contributed by atoms with E-state index in [1.54, 1.807) is 0 Å². The third-order valence-electron chi connectivity index (χ3n) is 1.57. The largest absolute Gasteiger partial charge is 0.353 e. The Morgan fingerprint density at radius 1 is 1.15 bits per heavy atom. The smallest absolute Gasteiger partial charge is 0.156 e. The van der Waals surface area contributed by atoms with Gasteiger partial charge in [-0.15, -0.1) is 5.92 Å². The molecule has 1 unspecified atom stereocenters. The van der Waals surface area contributed by atoms with Crippen molar-refractivity contribution in [2.45, 2.75) is 46.3 Å². The number of hydrogen-bond acceptors (Lipinski definition) is 2. The van der Waals surface area contributed by atoms with E-state index >= 15 is 0 Å². The highest BCUT2D eigenvalue weighted by atomic mass is 16.7. The zero-order chi connectivity index (χ0) is 9.94. The van der Waals surface area contributed by atoms with Gasteiger partial charge in [0.1, 0.15) is 6.61 Å². The molecular formula is C11H20O2. The van der Waals surface area contributed by atoms with Crippen LogP contribution in [-0.2, 0) is 9.47 Å². The van der Waals surface area contributed by atoms with Crippen LogP contribution in [0.1, 0.15) is 40.0 Å². The van der Waals surface area contributed by atoms with E-state index in [0.717, 1.165) is 6.42 Å². The molecule has 0 aromatic heterocycles. The minimum atomic E-state index is -0.134. The number of unbranched alkanes of at least 4 members (excludes halogenated alkanes) is 2. The van der Waals surface area contributed by atoms with Crippen LogP contribution in [0.15, 0.2) is 0 Å². The zero-order valence-corrected chi connectivity index (χ0v) is 8.93.